The van der Waals surface area contributed by atoms with Gasteiger partial charge in [-0.1, -0.05) is 0 Å². The Labute approximate surface area is 304 Å². The number of rotatable bonds is 24. The molecule has 0 radical (unpaired) electrons. The van der Waals surface area contributed by atoms with Crippen molar-refractivity contribution in [2.45, 2.75) is 46.8 Å². The summed E-state index contributed by atoms with van der Waals surface area (Å²) in [5, 5.41) is 8.78. The van der Waals surface area contributed by atoms with Crippen LogP contribution in [0.1, 0.15) is 19.3 Å². The second-order valence-electron chi connectivity index (χ2n) is 6.41. The van der Waals surface area contributed by atoms with Crippen LogP contribution in [0.3, 0.4) is 0 Å². The Kier molecular flexibility index (Phi) is 32.2. The van der Waals surface area contributed by atoms with Crippen LogP contribution in [-0.4, -0.2) is 73.3 Å². The van der Waals surface area contributed by atoms with Crippen molar-refractivity contribution in [2.24, 2.45) is 0 Å². The van der Waals surface area contributed by atoms with Gasteiger partial charge in [-0.15, -0.1) is 141 Å². The third-order valence-corrected chi connectivity index (χ3v) is 22.8. The quantitative estimate of drug-likeness (QED) is 0.0406. The standard InChI is InChI=1S/C18H36S18/c19-4-25-13(26-5-20)1-15(29-8-23)31-10-33-17-3-18(36-12-35-17)34-11-32-16(30-9-24)2-14(27-6-21)28-7-22/h13-24H,1-12H2. The lowest BCUT2D eigenvalue weighted by atomic mass is 10.5. The van der Waals surface area contributed by atoms with Gasteiger partial charge < -0.3 is 0 Å². The molecule has 0 saturated carbocycles. The topological polar surface area (TPSA) is 0 Å². The summed E-state index contributed by atoms with van der Waals surface area (Å²) in [6.07, 6.45) is 3.66. The summed E-state index contributed by atoms with van der Waals surface area (Å²) in [6, 6.07) is 0. The van der Waals surface area contributed by atoms with Crippen molar-refractivity contribution in [1.29, 1.82) is 0 Å². The van der Waals surface area contributed by atoms with Gasteiger partial charge in [-0.3, -0.25) is 0 Å². The van der Waals surface area contributed by atoms with Gasteiger partial charge in [-0.2, -0.15) is 75.8 Å². The van der Waals surface area contributed by atoms with Crippen LogP contribution in [0.4, 0.5) is 0 Å². The Morgan fingerprint density at radius 1 is 0.500 bits per heavy atom. The molecule has 216 valence electrons. The number of hydrogen-bond acceptors (Lipinski definition) is 18. The molecule has 0 aromatic rings. The van der Waals surface area contributed by atoms with Gasteiger partial charge in [0.25, 0.3) is 0 Å². The Morgan fingerprint density at radius 3 is 1.11 bits per heavy atom. The van der Waals surface area contributed by atoms with E-state index < -0.39 is 0 Å². The van der Waals surface area contributed by atoms with E-state index >= 15 is 0 Å². The van der Waals surface area contributed by atoms with Crippen LogP contribution in [0.15, 0.2) is 0 Å². The van der Waals surface area contributed by atoms with Crippen LogP contribution in [0.25, 0.3) is 0 Å². The summed E-state index contributed by atoms with van der Waals surface area (Å²) in [5.74, 6) is 0. The fourth-order valence-electron chi connectivity index (χ4n) is 2.65. The minimum absolute atomic E-state index is 0.571. The third-order valence-electron chi connectivity index (χ3n) is 4.24. The molecule has 0 bridgehead atoms. The van der Waals surface area contributed by atoms with Crippen LogP contribution >= 0.6 is 217 Å². The first-order valence-corrected chi connectivity index (χ1v) is 27.0. The molecular formula is C18H36S18. The molecule has 18 heteroatoms. The van der Waals surface area contributed by atoms with Crippen molar-refractivity contribution in [3.8, 4) is 0 Å². The summed E-state index contributed by atoms with van der Waals surface area (Å²) in [4.78, 5) is 0. The van der Waals surface area contributed by atoms with E-state index in [1.807, 2.05) is 70.6 Å². The molecule has 0 nitrogen and oxygen atoms in total. The predicted octanol–water partition coefficient (Wildman–Crippen LogP) is 11.1. The molecule has 0 N–H and O–H groups in total. The van der Waals surface area contributed by atoms with E-state index in [-0.39, 0.29) is 0 Å². The molecule has 4 unspecified atom stereocenters. The normalized spacial score (nSPS) is 20.3. The molecule has 4 atom stereocenters. The maximum absolute atomic E-state index is 4.49. The molecule has 1 aliphatic rings. The lowest BCUT2D eigenvalue weighted by molar-refractivity contribution is 1.02. The fourth-order valence-corrected chi connectivity index (χ4v) is 25.2. The zero-order valence-electron chi connectivity index (χ0n) is 19.5. The zero-order valence-corrected chi connectivity index (χ0v) is 34.7. The lowest BCUT2D eigenvalue weighted by Gasteiger charge is -2.28. The van der Waals surface area contributed by atoms with Crippen molar-refractivity contribution >= 4 is 217 Å². The molecular weight excluding hydrogens is 793 g/mol. The Morgan fingerprint density at radius 2 is 0.806 bits per heavy atom. The average Bonchev–Trinajstić information content (AvgIpc) is 2.85. The summed E-state index contributed by atoms with van der Waals surface area (Å²) in [7, 11) is 0. The van der Waals surface area contributed by atoms with Crippen LogP contribution in [0.5, 0.6) is 0 Å². The molecule has 0 amide bonds. The largest absolute Gasteiger partial charge is 0.168 e. The Hall–Kier alpha value is 6.30. The second-order valence-corrected chi connectivity index (χ2v) is 28.1. The average molecular weight is 830 g/mol. The summed E-state index contributed by atoms with van der Waals surface area (Å²) >= 11 is 51.1. The summed E-state index contributed by atoms with van der Waals surface area (Å²) in [5.41, 5.74) is 0. The van der Waals surface area contributed by atoms with E-state index in [2.05, 4.69) is 146 Å². The van der Waals surface area contributed by atoms with Gasteiger partial charge in [0, 0.05) is 45.8 Å². The van der Waals surface area contributed by atoms with E-state index in [4.69, 9.17) is 0 Å². The SMILES string of the molecule is SCSC(CC(SCS)SCSC1CC(SCSC(CC(SCS)SCS)SCS)SCS1)SCS. The van der Waals surface area contributed by atoms with Gasteiger partial charge >= 0.3 is 0 Å². The van der Waals surface area contributed by atoms with Crippen LogP contribution in [0, 0.1) is 0 Å². The molecule has 0 aliphatic carbocycles. The lowest BCUT2D eigenvalue weighted by Crippen LogP contribution is -2.15. The maximum Gasteiger partial charge on any atom is 0.0537 e. The van der Waals surface area contributed by atoms with Gasteiger partial charge in [0.15, 0.2) is 0 Å². The first-order valence-electron chi connectivity index (χ1n) is 10.6. The predicted molar refractivity (Wildman–Crippen MR) is 225 cm³/mol. The van der Waals surface area contributed by atoms with Crippen LogP contribution in [0.2, 0.25) is 0 Å². The van der Waals surface area contributed by atoms with Gasteiger partial charge in [0.1, 0.15) is 0 Å². The smallest absolute Gasteiger partial charge is 0.0537 e. The van der Waals surface area contributed by atoms with Gasteiger partial charge in [-0.25, -0.2) is 0 Å². The summed E-state index contributed by atoms with van der Waals surface area (Å²) < 4.78 is 3.75. The van der Waals surface area contributed by atoms with E-state index in [1.54, 1.807) is 0 Å². The molecule has 0 aromatic carbocycles. The molecule has 1 fully saturated rings. The number of hydrogen-bond donors (Lipinski definition) is 6. The number of thiol groups is 6. The highest BCUT2D eigenvalue weighted by Gasteiger charge is 2.26. The van der Waals surface area contributed by atoms with Crippen molar-refractivity contribution in [2.75, 3.05) is 45.8 Å². The monoisotopic (exact) mass is 828 g/mol. The zero-order chi connectivity index (χ0) is 26.4. The minimum atomic E-state index is 0.571. The van der Waals surface area contributed by atoms with E-state index in [0.29, 0.717) is 27.5 Å². The first-order chi connectivity index (χ1) is 17.6. The van der Waals surface area contributed by atoms with Crippen molar-refractivity contribution in [3.63, 3.8) is 0 Å². The Bertz CT molecular complexity index is 437. The molecule has 1 rings (SSSR count). The fraction of sp³-hybridized carbons (Fsp3) is 1.00. The third kappa shape index (κ3) is 21.1. The first kappa shape index (κ1) is 40.3. The van der Waals surface area contributed by atoms with E-state index in [9.17, 15) is 0 Å². The van der Waals surface area contributed by atoms with Crippen LogP contribution in [-0.2, 0) is 0 Å². The minimum Gasteiger partial charge on any atom is -0.168 e. The Balaban J connectivity index is 2.39. The molecule has 0 aromatic heterocycles. The highest BCUT2D eigenvalue weighted by atomic mass is 32.3. The van der Waals surface area contributed by atoms with Crippen molar-refractivity contribution in [3.05, 3.63) is 0 Å². The summed E-state index contributed by atoms with van der Waals surface area (Å²) in [6.45, 7) is 0. The molecule has 1 aliphatic heterocycles. The molecule has 1 heterocycles. The van der Waals surface area contributed by atoms with Gasteiger partial charge in [0.05, 0.1) is 27.5 Å². The maximum atomic E-state index is 4.49. The van der Waals surface area contributed by atoms with Crippen LogP contribution < -0.4 is 0 Å². The highest BCUT2D eigenvalue weighted by Crippen LogP contribution is 2.47. The van der Waals surface area contributed by atoms with E-state index in [1.165, 1.54) is 24.3 Å². The molecule has 0 spiro atoms. The van der Waals surface area contributed by atoms with E-state index in [0.717, 1.165) is 40.7 Å². The second kappa shape index (κ2) is 28.8. The molecule has 36 heavy (non-hydrogen) atoms. The molecule has 1 saturated heterocycles. The van der Waals surface area contributed by atoms with Gasteiger partial charge in [0.2, 0.25) is 0 Å². The number of thioether (sulfide) groups is 12. The van der Waals surface area contributed by atoms with Crippen molar-refractivity contribution in [1.82, 2.24) is 0 Å². The highest BCUT2D eigenvalue weighted by molar-refractivity contribution is 8.33. The van der Waals surface area contributed by atoms with Gasteiger partial charge in [-0.05, 0) is 19.3 Å². The van der Waals surface area contributed by atoms with Crippen molar-refractivity contribution < 1.29 is 0 Å².